The molecule has 0 spiro atoms. The lowest BCUT2D eigenvalue weighted by Gasteiger charge is -2.40. The van der Waals surface area contributed by atoms with Crippen LogP contribution in [0.5, 0.6) is 0 Å². The summed E-state index contributed by atoms with van der Waals surface area (Å²) in [5.74, 6) is 0. The number of aliphatic hydroxyl groups excluding tert-OH is 1. The van der Waals surface area contributed by atoms with Crippen LogP contribution in [0.15, 0.2) is 0 Å². The third-order valence-electron chi connectivity index (χ3n) is 3.49. The van der Waals surface area contributed by atoms with Crippen LogP contribution in [0, 0.1) is 5.41 Å². The fraction of sp³-hybridized carbons (Fsp3) is 0.917. The van der Waals surface area contributed by atoms with Crippen LogP contribution in [0.1, 0.15) is 27.2 Å². The molecule has 0 aromatic rings. The van der Waals surface area contributed by atoms with Crippen molar-refractivity contribution in [2.24, 2.45) is 5.41 Å². The first kappa shape index (κ1) is 13.6. The van der Waals surface area contributed by atoms with E-state index in [2.05, 4.69) is 11.8 Å². The summed E-state index contributed by atoms with van der Waals surface area (Å²) in [6.07, 6.45) is 1.77. The smallest absolute Gasteiger partial charge is 0.127 e. The van der Waals surface area contributed by atoms with Crippen LogP contribution in [-0.2, 0) is 9.53 Å². The zero-order chi connectivity index (χ0) is 12.2. The van der Waals surface area contributed by atoms with E-state index in [4.69, 9.17) is 9.84 Å². The lowest BCUT2D eigenvalue weighted by atomic mass is 9.88. The highest BCUT2D eigenvalue weighted by molar-refractivity contribution is 5.58. The summed E-state index contributed by atoms with van der Waals surface area (Å²) in [6, 6.07) is 0.314. The van der Waals surface area contributed by atoms with Gasteiger partial charge in [-0.3, -0.25) is 4.90 Å². The molecule has 0 aliphatic carbocycles. The van der Waals surface area contributed by atoms with E-state index in [-0.39, 0.29) is 18.1 Å². The standard InChI is InChI=1S/C12H23NO3/c1-4-12(3,9-15)8-13-5-11(6-14)16-7-10(13)2/h9-11,14H,4-8H2,1-3H3. The first-order valence-corrected chi connectivity index (χ1v) is 5.97. The van der Waals surface area contributed by atoms with Crippen molar-refractivity contribution in [3.8, 4) is 0 Å². The van der Waals surface area contributed by atoms with Crippen molar-refractivity contribution < 1.29 is 14.6 Å². The van der Waals surface area contributed by atoms with Gasteiger partial charge in [0.05, 0.1) is 19.3 Å². The van der Waals surface area contributed by atoms with E-state index in [1.807, 2.05) is 13.8 Å². The molecule has 1 saturated heterocycles. The Morgan fingerprint density at radius 2 is 2.31 bits per heavy atom. The molecule has 16 heavy (non-hydrogen) atoms. The zero-order valence-corrected chi connectivity index (χ0v) is 10.5. The maximum atomic E-state index is 11.1. The highest BCUT2D eigenvalue weighted by atomic mass is 16.5. The van der Waals surface area contributed by atoms with Gasteiger partial charge in [-0.25, -0.2) is 0 Å². The molecule has 4 nitrogen and oxygen atoms in total. The molecule has 3 atom stereocenters. The average Bonchev–Trinajstić information content (AvgIpc) is 2.32. The van der Waals surface area contributed by atoms with E-state index in [1.54, 1.807) is 0 Å². The van der Waals surface area contributed by atoms with Gasteiger partial charge in [0.1, 0.15) is 6.29 Å². The molecule has 0 bridgehead atoms. The maximum absolute atomic E-state index is 11.1. The Kier molecular flexibility index (Phi) is 4.89. The first-order valence-electron chi connectivity index (χ1n) is 5.97. The van der Waals surface area contributed by atoms with E-state index in [9.17, 15) is 4.79 Å². The van der Waals surface area contributed by atoms with Crippen molar-refractivity contribution in [2.45, 2.75) is 39.3 Å². The molecule has 94 valence electrons. The molecule has 0 aromatic carbocycles. The Hall–Kier alpha value is -0.450. The van der Waals surface area contributed by atoms with Crippen molar-refractivity contribution in [1.82, 2.24) is 4.90 Å². The van der Waals surface area contributed by atoms with Gasteiger partial charge < -0.3 is 14.6 Å². The van der Waals surface area contributed by atoms with Gasteiger partial charge in [0, 0.05) is 24.5 Å². The van der Waals surface area contributed by atoms with Crippen LogP contribution in [0.25, 0.3) is 0 Å². The maximum Gasteiger partial charge on any atom is 0.127 e. The lowest BCUT2D eigenvalue weighted by molar-refractivity contribution is -0.121. The molecule has 1 rings (SSSR count). The summed E-state index contributed by atoms with van der Waals surface area (Å²) in [5, 5.41) is 9.09. The van der Waals surface area contributed by atoms with E-state index in [1.165, 1.54) is 0 Å². The average molecular weight is 229 g/mol. The van der Waals surface area contributed by atoms with Gasteiger partial charge in [-0.15, -0.1) is 0 Å². The molecule has 0 amide bonds. The van der Waals surface area contributed by atoms with Gasteiger partial charge >= 0.3 is 0 Å². The monoisotopic (exact) mass is 229 g/mol. The van der Waals surface area contributed by atoms with Crippen LogP contribution in [-0.4, -0.2) is 54.7 Å². The molecule has 1 aliphatic heterocycles. The zero-order valence-electron chi connectivity index (χ0n) is 10.5. The van der Waals surface area contributed by atoms with Crippen LogP contribution >= 0.6 is 0 Å². The van der Waals surface area contributed by atoms with Gasteiger partial charge in [-0.2, -0.15) is 0 Å². The number of carbonyl (C=O) groups excluding carboxylic acids is 1. The fourth-order valence-electron chi connectivity index (χ4n) is 1.90. The summed E-state index contributed by atoms with van der Waals surface area (Å²) >= 11 is 0. The molecule has 0 aromatic heterocycles. The molecular weight excluding hydrogens is 206 g/mol. The number of ether oxygens (including phenoxy) is 1. The van der Waals surface area contributed by atoms with Crippen LogP contribution < -0.4 is 0 Å². The Labute approximate surface area is 97.6 Å². The van der Waals surface area contributed by atoms with E-state index in [0.29, 0.717) is 19.2 Å². The summed E-state index contributed by atoms with van der Waals surface area (Å²) < 4.78 is 5.47. The second kappa shape index (κ2) is 5.75. The molecule has 3 unspecified atom stereocenters. The number of carbonyl (C=O) groups is 1. The second-order valence-electron chi connectivity index (χ2n) is 5.04. The Morgan fingerprint density at radius 3 is 2.81 bits per heavy atom. The first-order chi connectivity index (χ1) is 7.54. The van der Waals surface area contributed by atoms with Crippen LogP contribution in [0.3, 0.4) is 0 Å². The van der Waals surface area contributed by atoms with Gasteiger partial charge in [0.2, 0.25) is 0 Å². The van der Waals surface area contributed by atoms with Gasteiger partial charge in [-0.05, 0) is 13.3 Å². The van der Waals surface area contributed by atoms with E-state index < -0.39 is 0 Å². The highest BCUT2D eigenvalue weighted by Gasteiger charge is 2.31. The molecule has 1 fully saturated rings. The normalized spacial score (nSPS) is 31.0. The SMILES string of the molecule is CCC(C)(C=O)CN1CC(CO)OCC1C. The van der Waals surface area contributed by atoms with Gasteiger partial charge in [0.15, 0.2) is 0 Å². The second-order valence-corrected chi connectivity index (χ2v) is 5.04. The number of aldehydes is 1. The third-order valence-corrected chi connectivity index (χ3v) is 3.49. The Bertz CT molecular complexity index is 234. The quantitative estimate of drug-likeness (QED) is 0.704. The van der Waals surface area contributed by atoms with Crippen molar-refractivity contribution in [2.75, 3.05) is 26.3 Å². The van der Waals surface area contributed by atoms with Crippen molar-refractivity contribution >= 4 is 6.29 Å². The van der Waals surface area contributed by atoms with E-state index >= 15 is 0 Å². The molecule has 1 N–H and O–H groups in total. The minimum atomic E-state index is -0.286. The minimum absolute atomic E-state index is 0.0488. The summed E-state index contributed by atoms with van der Waals surface area (Å²) in [4.78, 5) is 13.3. The van der Waals surface area contributed by atoms with Crippen molar-refractivity contribution in [3.05, 3.63) is 0 Å². The largest absolute Gasteiger partial charge is 0.394 e. The minimum Gasteiger partial charge on any atom is -0.394 e. The van der Waals surface area contributed by atoms with Crippen molar-refractivity contribution in [3.63, 3.8) is 0 Å². The summed E-state index contributed by atoms with van der Waals surface area (Å²) in [7, 11) is 0. The van der Waals surface area contributed by atoms with Crippen LogP contribution in [0.2, 0.25) is 0 Å². The number of morpholine rings is 1. The fourth-order valence-corrected chi connectivity index (χ4v) is 1.90. The number of rotatable bonds is 5. The van der Waals surface area contributed by atoms with Gasteiger partial charge in [0.25, 0.3) is 0 Å². The van der Waals surface area contributed by atoms with Crippen molar-refractivity contribution in [1.29, 1.82) is 0 Å². The molecular formula is C12H23NO3. The molecule has 0 radical (unpaired) electrons. The lowest BCUT2D eigenvalue weighted by Crippen LogP contribution is -2.52. The molecule has 1 heterocycles. The Balaban J connectivity index is 2.59. The number of aliphatic hydroxyl groups is 1. The number of nitrogens with zero attached hydrogens (tertiary/aromatic N) is 1. The molecule has 4 heteroatoms. The number of hydrogen-bond donors (Lipinski definition) is 1. The summed E-state index contributed by atoms with van der Waals surface area (Å²) in [5.41, 5.74) is -0.286. The van der Waals surface area contributed by atoms with Gasteiger partial charge in [-0.1, -0.05) is 13.8 Å². The topological polar surface area (TPSA) is 49.8 Å². The predicted octanol–water partition coefficient (Wildman–Crippen LogP) is 0.683. The summed E-state index contributed by atoms with van der Waals surface area (Å²) in [6.45, 7) is 8.24. The Morgan fingerprint density at radius 1 is 1.62 bits per heavy atom. The van der Waals surface area contributed by atoms with Crippen LogP contribution in [0.4, 0.5) is 0 Å². The molecule has 0 saturated carbocycles. The predicted molar refractivity (Wildman–Crippen MR) is 62.3 cm³/mol. The third kappa shape index (κ3) is 3.27. The highest BCUT2D eigenvalue weighted by Crippen LogP contribution is 2.23. The van der Waals surface area contributed by atoms with E-state index in [0.717, 1.165) is 19.3 Å². The number of hydrogen-bond acceptors (Lipinski definition) is 4. The molecule has 1 aliphatic rings.